The smallest absolute Gasteiger partial charge is 0.254 e. The molecule has 0 bridgehead atoms. The van der Waals surface area contributed by atoms with Gasteiger partial charge < -0.3 is 19.8 Å². The molecule has 29 heavy (non-hydrogen) atoms. The van der Waals surface area contributed by atoms with Crippen LogP contribution in [0.4, 0.5) is 0 Å². The Morgan fingerprint density at radius 1 is 1.17 bits per heavy atom. The van der Waals surface area contributed by atoms with Crippen LogP contribution in [-0.2, 0) is 24.0 Å². The summed E-state index contributed by atoms with van der Waals surface area (Å²) in [6.07, 6.45) is 4.33. The lowest BCUT2D eigenvalue weighted by atomic mass is 9.84. The predicted molar refractivity (Wildman–Crippen MR) is 106 cm³/mol. The van der Waals surface area contributed by atoms with E-state index in [9.17, 15) is 4.79 Å². The van der Waals surface area contributed by atoms with Crippen molar-refractivity contribution >= 4 is 5.91 Å². The average Bonchev–Trinajstić information content (AvgIpc) is 3.11. The number of carbonyl (C=O) groups is 1. The number of methoxy groups -OCH3 is 1. The second kappa shape index (κ2) is 5.90. The summed E-state index contributed by atoms with van der Waals surface area (Å²) in [5.74, 6) is 1.46. The van der Waals surface area contributed by atoms with Gasteiger partial charge in [0.05, 0.1) is 42.8 Å². The Bertz CT molecular complexity index is 1150. The number of H-pyrrole nitrogens is 1. The van der Waals surface area contributed by atoms with Crippen molar-refractivity contribution in [3.8, 4) is 28.5 Å². The Morgan fingerprint density at radius 3 is 2.72 bits per heavy atom. The van der Waals surface area contributed by atoms with Gasteiger partial charge in [0, 0.05) is 23.9 Å². The molecule has 1 spiro atoms. The van der Waals surface area contributed by atoms with E-state index in [1.165, 1.54) is 0 Å². The number of benzene rings is 1. The number of amides is 1. The fourth-order valence-corrected chi connectivity index (χ4v) is 4.61. The predicted octanol–water partition coefficient (Wildman–Crippen LogP) is 2.30. The minimum Gasteiger partial charge on any atom is -0.497 e. The molecule has 3 aromatic rings. The molecule has 1 saturated heterocycles. The van der Waals surface area contributed by atoms with Gasteiger partial charge in [-0.2, -0.15) is 0 Å². The summed E-state index contributed by atoms with van der Waals surface area (Å²) in [6.45, 7) is 1.14. The molecule has 4 heterocycles. The van der Waals surface area contributed by atoms with E-state index in [1.807, 2.05) is 30.5 Å². The molecule has 146 valence electrons. The zero-order valence-corrected chi connectivity index (χ0v) is 16.0. The molecule has 2 aliphatic heterocycles. The summed E-state index contributed by atoms with van der Waals surface area (Å²) in [5, 5.41) is 3.17. The van der Waals surface area contributed by atoms with Crippen LogP contribution in [0.3, 0.4) is 0 Å². The summed E-state index contributed by atoms with van der Waals surface area (Å²) in [5.41, 5.74) is 6.51. The number of fused-ring (bicyclic) bond motifs is 5. The second-order valence-electron chi connectivity index (χ2n) is 8.03. The van der Waals surface area contributed by atoms with Gasteiger partial charge in [0.1, 0.15) is 5.75 Å². The molecule has 0 saturated carbocycles. The molecule has 2 aromatic heterocycles. The number of nitrogens with one attached hydrogen (secondary N) is 2. The lowest BCUT2D eigenvalue weighted by molar-refractivity contribution is -0.0713. The van der Waals surface area contributed by atoms with Gasteiger partial charge in [-0.15, -0.1) is 0 Å². The quantitative estimate of drug-likeness (QED) is 0.703. The SMILES string of the molecule is COc1ccc(-c2ncc3c(n2)-c2[nH]c4c(c2CC3)C(=O)NC2(COC2)C4)cc1. The molecule has 0 atom stereocenters. The lowest BCUT2D eigenvalue weighted by Crippen LogP contribution is -2.65. The van der Waals surface area contributed by atoms with Crippen molar-refractivity contribution in [3.63, 3.8) is 0 Å². The molecule has 0 radical (unpaired) electrons. The summed E-state index contributed by atoms with van der Waals surface area (Å²) in [6, 6.07) is 7.72. The molecule has 1 aromatic carbocycles. The van der Waals surface area contributed by atoms with E-state index in [1.54, 1.807) is 7.11 Å². The highest BCUT2D eigenvalue weighted by atomic mass is 16.5. The number of aromatic amines is 1. The van der Waals surface area contributed by atoms with E-state index in [0.717, 1.165) is 64.3 Å². The second-order valence-corrected chi connectivity index (χ2v) is 8.03. The fraction of sp³-hybridized carbons (Fsp3) is 0.318. The van der Waals surface area contributed by atoms with Crippen molar-refractivity contribution in [1.82, 2.24) is 20.3 Å². The van der Waals surface area contributed by atoms with Gasteiger partial charge >= 0.3 is 0 Å². The van der Waals surface area contributed by atoms with E-state index in [4.69, 9.17) is 14.5 Å². The van der Waals surface area contributed by atoms with Gasteiger partial charge in [0.15, 0.2) is 5.82 Å². The molecule has 1 fully saturated rings. The molecule has 1 amide bonds. The minimum atomic E-state index is -0.250. The Hall–Kier alpha value is -3.19. The van der Waals surface area contributed by atoms with Gasteiger partial charge in [0.2, 0.25) is 0 Å². The molecule has 0 unspecified atom stereocenters. The molecule has 3 aliphatic rings. The van der Waals surface area contributed by atoms with Crippen LogP contribution in [0, 0.1) is 0 Å². The fourth-order valence-electron chi connectivity index (χ4n) is 4.61. The van der Waals surface area contributed by atoms with E-state index in [0.29, 0.717) is 19.0 Å². The van der Waals surface area contributed by atoms with Crippen molar-refractivity contribution in [2.24, 2.45) is 0 Å². The maximum Gasteiger partial charge on any atom is 0.254 e. The van der Waals surface area contributed by atoms with Crippen molar-refractivity contribution in [1.29, 1.82) is 0 Å². The van der Waals surface area contributed by atoms with Crippen LogP contribution in [0.15, 0.2) is 30.5 Å². The third-order valence-electron chi connectivity index (χ3n) is 6.15. The number of carbonyl (C=O) groups excluding carboxylic acids is 1. The zero-order chi connectivity index (χ0) is 19.6. The van der Waals surface area contributed by atoms with Crippen LogP contribution in [0.25, 0.3) is 22.8 Å². The van der Waals surface area contributed by atoms with Crippen LogP contribution in [-0.4, -0.2) is 46.7 Å². The Morgan fingerprint density at radius 2 is 2.00 bits per heavy atom. The normalized spacial score (nSPS) is 18.3. The van der Waals surface area contributed by atoms with Gasteiger partial charge in [-0.1, -0.05) is 0 Å². The molecule has 2 N–H and O–H groups in total. The standard InChI is InChI=1S/C22H20N4O3/c1-28-14-5-2-12(3-6-14)20-23-9-13-4-7-15-17-16(24-19(15)18(13)25-20)8-22(10-29-11-22)26-21(17)27/h2-3,5-6,9,24H,4,7-8,10-11H2,1H3,(H,26,27). The minimum absolute atomic E-state index is 0.0000611. The van der Waals surface area contributed by atoms with Crippen LogP contribution >= 0.6 is 0 Å². The first-order chi connectivity index (χ1) is 14.2. The van der Waals surface area contributed by atoms with E-state index in [-0.39, 0.29) is 11.4 Å². The van der Waals surface area contributed by atoms with Crippen LogP contribution in [0.1, 0.15) is 27.2 Å². The molecule has 7 nitrogen and oxygen atoms in total. The highest BCUT2D eigenvalue weighted by Crippen LogP contribution is 2.39. The van der Waals surface area contributed by atoms with Crippen LogP contribution < -0.4 is 10.1 Å². The number of hydrogen-bond donors (Lipinski definition) is 2. The Balaban J connectivity index is 1.44. The maximum absolute atomic E-state index is 12.9. The number of aryl methyl sites for hydroxylation is 1. The van der Waals surface area contributed by atoms with E-state index in [2.05, 4.69) is 15.3 Å². The van der Waals surface area contributed by atoms with Crippen molar-refractivity contribution in [2.75, 3.05) is 20.3 Å². The highest BCUT2D eigenvalue weighted by molar-refractivity contribution is 6.01. The number of ether oxygens (including phenoxy) is 2. The third-order valence-corrected chi connectivity index (χ3v) is 6.15. The van der Waals surface area contributed by atoms with E-state index < -0.39 is 0 Å². The lowest BCUT2D eigenvalue weighted by Gasteiger charge is -2.44. The number of aromatic nitrogens is 3. The molecule has 7 heteroatoms. The molecular formula is C22H20N4O3. The first-order valence-electron chi connectivity index (χ1n) is 9.80. The topological polar surface area (TPSA) is 89.1 Å². The largest absolute Gasteiger partial charge is 0.497 e. The van der Waals surface area contributed by atoms with Crippen LogP contribution in [0.5, 0.6) is 5.75 Å². The number of hydrogen-bond acceptors (Lipinski definition) is 5. The molecule has 1 aliphatic carbocycles. The summed E-state index contributed by atoms with van der Waals surface area (Å²) < 4.78 is 10.6. The van der Waals surface area contributed by atoms with Crippen molar-refractivity contribution < 1.29 is 14.3 Å². The monoisotopic (exact) mass is 388 g/mol. The Kier molecular flexibility index (Phi) is 3.41. The highest BCUT2D eigenvalue weighted by Gasteiger charge is 2.46. The van der Waals surface area contributed by atoms with Gasteiger partial charge in [-0.25, -0.2) is 9.97 Å². The van der Waals surface area contributed by atoms with Crippen LogP contribution in [0.2, 0.25) is 0 Å². The van der Waals surface area contributed by atoms with Crippen molar-refractivity contribution in [3.05, 3.63) is 52.8 Å². The average molecular weight is 388 g/mol. The summed E-state index contributed by atoms with van der Waals surface area (Å²) in [4.78, 5) is 25.8. The van der Waals surface area contributed by atoms with Gasteiger partial charge in [-0.3, -0.25) is 4.79 Å². The van der Waals surface area contributed by atoms with Crippen molar-refractivity contribution in [2.45, 2.75) is 24.8 Å². The zero-order valence-electron chi connectivity index (χ0n) is 16.0. The summed E-state index contributed by atoms with van der Waals surface area (Å²) in [7, 11) is 1.65. The third kappa shape index (κ3) is 2.43. The maximum atomic E-state index is 12.9. The van der Waals surface area contributed by atoms with Gasteiger partial charge in [0.25, 0.3) is 5.91 Å². The Labute approximate surface area is 167 Å². The molecule has 6 rings (SSSR count). The number of rotatable bonds is 2. The van der Waals surface area contributed by atoms with Gasteiger partial charge in [-0.05, 0) is 48.2 Å². The molecular weight excluding hydrogens is 368 g/mol. The first kappa shape index (κ1) is 16.7. The number of nitrogens with zero attached hydrogens (tertiary/aromatic N) is 2. The first-order valence-corrected chi connectivity index (χ1v) is 9.80. The summed E-state index contributed by atoms with van der Waals surface area (Å²) >= 11 is 0. The van der Waals surface area contributed by atoms with E-state index >= 15 is 0 Å².